The number of carbonyl (C=O) groups is 1. The molecule has 5 nitrogen and oxygen atoms in total. The first-order valence-electron chi connectivity index (χ1n) is 8.21. The maximum Gasteiger partial charge on any atom is 0.229 e. The Labute approximate surface area is 160 Å². The number of fused-ring (bicyclic) bond motifs is 1. The zero-order valence-electron chi connectivity index (χ0n) is 14.2. The summed E-state index contributed by atoms with van der Waals surface area (Å²) in [6, 6.07) is 14.1. The summed E-state index contributed by atoms with van der Waals surface area (Å²) >= 11 is 3.16. The molecule has 2 aliphatic rings. The number of thioether (sulfide) groups is 1. The summed E-state index contributed by atoms with van der Waals surface area (Å²) in [4.78, 5) is 17.8. The number of thiophene rings is 1. The Hall–Kier alpha value is -2.43. The third kappa shape index (κ3) is 2.96. The summed E-state index contributed by atoms with van der Waals surface area (Å²) in [7, 11) is 1.64. The molecule has 0 radical (unpaired) electrons. The molecular weight excluding hydrogens is 366 g/mol. The monoisotopic (exact) mass is 383 g/mol. The lowest BCUT2D eigenvalue weighted by Crippen LogP contribution is -2.47. The number of benzene rings is 1. The first-order chi connectivity index (χ1) is 12.7. The minimum atomic E-state index is -0.112. The standard InChI is InChI=1S/C19H17N3O2S2/c1-24-14-6-4-13(5-7-14)21-11-22-18(23)9-15(17-3-2-8-25-17)16(10-20)19(22)26-12-21/h2-8,15H,9,11-12H2,1H3/t15-/m1/s1. The Kier molecular flexibility index (Phi) is 4.62. The van der Waals surface area contributed by atoms with Crippen molar-refractivity contribution in [2.45, 2.75) is 12.3 Å². The molecule has 1 saturated heterocycles. The number of hydrogen-bond acceptors (Lipinski definition) is 6. The first kappa shape index (κ1) is 17.0. The molecule has 7 heteroatoms. The number of ether oxygens (including phenoxy) is 1. The maximum absolute atomic E-state index is 12.8. The van der Waals surface area contributed by atoms with Crippen LogP contribution in [-0.2, 0) is 4.79 Å². The molecule has 0 aliphatic carbocycles. The van der Waals surface area contributed by atoms with Crippen LogP contribution in [0.3, 0.4) is 0 Å². The van der Waals surface area contributed by atoms with Gasteiger partial charge in [0.15, 0.2) is 0 Å². The van der Waals surface area contributed by atoms with Crippen molar-refractivity contribution in [1.29, 1.82) is 5.26 Å². The summed E-state index contributed by atoms with van der Waals surface area (Å²) < 4.78 is 5.20. The van der Waals surface area contributed by atoms with Gasteiger partial charge in [0.1, 0.15) is 5.75 Å². The Morgan fingerprint density at radius 2 is 2.08 bits per heavy atom. The summed E-state index contributed by atoms with van der Waals surface area (Å²) in [6.45, 7) is 0.468. The van der Waals surface area contributed by atoms with Crippen molar-refractivity contribution in [3.05, 3.63) is 57.3 Å². The number of nitriles is 1. The SMILES string of the molecule is COc1ccc(N2CSC3=C(C#N)[C@H](c4cccs4)CC(=O)N3C2)cc1. The maximum atomic E-state index is 12.8. The van der Waals surface area contributed by atoms with Gasteiger partial charge in [-0.2, -0.15) is 5.26 Å². The van der Waals surface area contributed by atoms with Crippen molar-refractivity contribution in [3.8, 4) is 11.8 Å². The molecular formula is C19H17N3O2S2. The van der Waals surface area contributed by atoms with Gasteiger partial charge in [0.05, 0.1) is 36.3 Å². The van der Waals surface area contributed by atoms with Crippen LogP contribution < -0.4 is 9.64 Å². The van der Waals surface area contributed by atoms with Crippen LogP contribution in [0.5, 0.6) is 5.75 Å². The van der Waals surface area contributed by atoms with Gasteiger partial charge in [0, 0.05) is 22.9 Å². The molecule has 0 saturated carbocycles. The quantitative estimate of drug-likeness (QED) is 0.802. The smallest absolute Gasteiger partial charge is 0.229 e. The topological polar surface area (TPSA) is 56.6 Å². The Morgan fingerprint density at radius 1 is 1.27 bits per heavy atom. The average molecular weight is 383 g/mol. The fraction of sp³-hybridized carbons (Fsp3) is 0.263. The lowest BCUT2D eigenvalue weighted by Gasteiger charge is -2.41. The number of methoxy groups -OCH3 is 1. The third-order valence-corrected chi connectivity index (χ3v) is 6.76. The van der Waals surface area contributed by atoms with E-state index < -0.39 is 0 Å². The number of hydrogen-bond donors (Lipinski definition) is 0. The Balaban J connectivity index is 1.62. The molecule has 0 N–H and O–H groups in total. The highest BCUT2D eigenvalue weighted by molar-refractivity contribution is 8.03. The number of carbonyl (C=O) groups excluding carboxylic acids is 1. The molecule has 2 aliphatic heterocycles. The molecule has 1 aromatic carbocycles. The summed E-state index contributed by atoms with van der Waals surface area (Å²) in [5, 5.41) is 12.5. The van der Waals surface area contributed by atoms with Gasteiger partial charge in [-0.05, 0) is 35.7 Å². The number of nitrogens with zero attached hydrogens (tertiary/aromatic N) is 3. The predicted molar refractivity (Wildman–Crippen MR) is 104 cm³/mol. The second-order valence-electron chi connectivity index (χ2n) is 6.08. The highest BCUT2D eigenvalue weighted by Crippen LogP contribution is 2.44. The highest BCUT2D eigenvalue weighted by atomic mass is 32.2. The normalized spacial score (nSPS) is 20.0. The van der Waals surface area contributed by atoms with E-state index >= 15 is 0 Å². The van der Waals surface area contributed by atoms with Gasteiger partial charge in [-0.1, -0.05) is 17.8 Å². The largest absolute Gasteiger partial charge is 0.497 e. The molecule has 0 bridgehead atoms. The zero-order chi connectivity index (χ0) is 18.1. The lowest BCUT2D eigenvalue weighted by molar-refractivity contribution is -0.129. The van der Waals surface area contributed by atoms with E-state index in [1.54, 1.807) is 35.1 Å². The van der Waals surface area contributed by atoms with Crippen LogP contribution in [-0.4, -0.2) is 30.5 Å². The number of rotatable bonds is 3. The van der Waals surface area contributed by atoms with Crippen molar-refractivity contribution < 1.29 is 9.53 Å². The third-order valence-electron chi connectivity index (χ3n) is 4.62. The van der Waals surface area contributed by atoms with Crippen LogP contribution in [0.2, 0.25) is 0 Å². The minimum absolute atomic E-state index is 0.0723. The molecule has 0 spiro atoms. The summed E-state index contributed by atoms with van der Waals surface area (Å²) in [5.41, 5.74) is 1.75. The molecule has 26 heavy (non-hydrogen) atoms. The minimum Gasteiger partial charge on any atom is -0.497 e. The van der Waals surface area contributed by atoms with E-state index in [-0.39, 0.29) is 11.8 Å². The average Bonchev–Trinajstić information content (AvgIpc) is 3.22. The van der Waals surface area contributed by atoms with Gasteiger partial charge in [0.2, 0.25) is 5.91 Å². The Morgan fingerprint density at radius 3 is 2.73 bits per heavy atom. The van der Waals surface area contributed by atoms with E-state index in [9.17, 15) is 10.1 Å². The van der Waals surface area contributed by atoms with Gasteiger partial charge in [-0.15, -0.1) is 11.3 Å². The van der Waals surface area contributed by atoms with Crippen LogP contribution in [0.25, 0.3) is 0 Å². The second-order valence-corrected chi connectivity index (χ2v) is 7.99. The summed E-state index contributed by atoms with van der Waals surface area (Å²) in [5.74, 6) is 1.47. The van der Waals surface area contributed by atoms with E-state index in [1.165, 1.54) is 0 Å². The van der Waals surface area contributed by atoms with Crippen molar-refractivity contribution in [1.82, 2.24) is 4.90 Å². The van der Waals surface area contributed by atoms with Crippen molar-refractivity contribution >= 4 is 34.7 Å². The molecule has 1 atom stereocenters. The summed E-state index contributed by atoms with van der Waals surface area (Å²) in [6.07, 6.45) is 0.351. The fourth-order valence-corrected chi connectivity index (χ4v) is 5.26. The second kappa shape index (κ2) is 7.06. The molecule has 1 amide bonds. The van der Waals surface area contributed by atoms with Crippen LogP contribution in [0.1, 0.15) is 17.2 Å². The molecule has 2 aromatic rings. The highest BCUT2D eigenvalue weighted by Gasteiger charge is 2.38. The first-order valence-corrected chi connectivity index (χ1v) is 10.1. The van der Waals surface area contributed by atoms with E-state index in [2.05, 4.69) is 11.0 Å². The van der Waals surface area contributed by atoms with E-state index in [1.807, 2.05) is 41.8 Å². The number of allylic oxidation sites excluding steroid dienone is 1. The van der Waals surface area contributed by atoms with Gasteiger partial charge >= 0.3 is 0 Å². The number of anilines is 1. The van der Waals surface area contributed by atoms with Gasteiger partial charge in [-0.3, -0.25) is 9.69 Å². The molecule has 1 aromatic heterocycles. The lowest BCUT2D eigenvalue weighted by atomic mass is 9.92. The van der Waals surface area contributed by atoms with Gasteiger partial charge in [-0.25, -0.2) is 0 Å². The number of amides is 1. The molecule has 3 heterocycles. The molecule has 1 fully saturated rings. The Bertz CT molecular complexity index is 885. The van der Waals surface area contributed by atoms with E-state index in [0.717, 1.165) is 21.3 Å². The molecule has 132 valence electrons. The zero-order valence-corrected chi connectivity index (χ0v) is 15.8. The van der Waals surface area contributed by atoms with Crippen molar-refractivity contribution in [3.63, 3.8) is 0 Å². The van der Waals surface area contributed by atoms with Crippen LogP contribution >= 0.6 is 23.1 Å². The predicted octanol–water partition coefficient (Wildman–Crippen LogP) is 3.98. The van der Waals surface area contributed by atoms with Crippen LogP contribution in [0.15, 0.2) is 52.4 Å². The van der Waals surface area contributed by atoms with Crippen molar-refractivity contribution in [2.75, 3.05) is 24.6 Å². The molecule has 0 unspecified atom stereocenters. The van der Waals surface area contributed by atoms with E-state index in [0.29, 0.717) is 24.5 Å². The van der Waals surface area contributed by atoms with Gasteiger partial charge < -0.3 is 9.64 Å². The van der Waals surface area contributed by atoms with Crippen LogP contribution in [0, 0.1) is 11.3 Å². The van der Waals surface area contributed by atoms with Gasteiger partial charge in [0.25, 0.3) is 0 Å². The molecule has 4 rings (SSSR count). The van der Waals surface area contributed by atoms with Crippen LogP contribution in [0.4, 0.5) is 5.69 Å². The van der Waals surface area contributed by atoms with Crippen molar-refractivity contribution in [2.24, 2.45) is 0 Å². The van der Waals surface area contributed by atoms with E-state index in [4.69, 9.17) is 4.74 Å². The fourth-order valence-electron chi connectivity index (χ4n) is 3.25.